The number of benzene rings is 1. The number of fused-ring (bicyclic) bond motifs is 2. The van der Waals surface area contributed by atoms with Crippen molar-refractivity contribution in [3.8, 4) is 0 Å². The lowest BCUT2D eigenvalue weighted by molar-refractivity contribution is 0.148. The average Bonchev–Trinajstić information content (AvgIpc) is 3.30. The Morgan fingerprint density at radius 3 is 2.79 bits per heavy atom. The minimum Gasteiger partial charge on any atom is -0.382 e. The molecule has 0 N–H and O–H groups in total. The highest BCUT2D eigenvalue weighted by molar-refractivity contribution is 6.33. The second-order valence-electron chi connectivity index (χ2n) is 7.35. The molecule has 1 aromatic carbocycles. The van der Waals surface area contributed by atoms with Gasteiger partial charge < -0.3 is 9.64 Å². The van der Waals surface area contributed by atoms with Gasteiger partial charge in [0, 0.05) is 19.3 Å². The fourth-order valence-electron chi connectivity index (χ4n) is 4.03. The molecule has 1 aliphatic heterocycles. The van der Waals surface area contributed by atoms with E-state index in [1.165, 1.54) is 11.1 Å². The third-order valence-corrected chi connectivity index (χ3v) is 5.78. The largest absolute Gasteiger partial charge is 0.382 e. The van der Waals surface area contributed by atoms with E-state index in [0.29, 0.717) is 6.61 Å². The Morgan fingerprint density at radius 1 is 1.25 bits per heavy atom. The van der Waals surface area contributed by atoms with Gasteiger partial charge in [-0.2, -0.15) is 0 Å². The number of hydrogen-bond acceptors (Lipinski definition) is 5. The maximum atomic E-state index is 6.68. The molecule has 1 aliphatic rings. The van der Waals surface area contributed by atoms with E-state index < -0.39 is 0 Å². The zero-order valence-electron chi connectivity index (χ0n) is 16.9. The van der Waals surface area contributed by atoms with Crippen LogP contribution in [0.3, 0.4) is 0 Å². The summed E-state index contributed by atoms with van der Waals surface area (Å²) in [5.41, 5.74) is 6.33. The number of methoxy groups -OCH3 is 1. The van der Waals surface area contributed by atoms with Gasteiger partial charge in [-0.05, 0) is 49.4 Å². The average molecular weight is 400 g/mol. The van der Waals surface area contributed by atoms with E-state index in [0.717, 1.165) is 59.1 Å². The molecule has 0 spiro atoms. The van der Waals surface area contributed by atoms with Crippen molar-refractivity contribution in [1.29, 1.82) is 0 Å². The molecule has 4 rings (SSSR count). The summed E-state index contributed by atoms with van der Waals surface area (Å²) in [6.07, 6.45) is 2.85. The maximum absolute atomic E-state index is 6.68. The van der Waals surface area contributed by atoms with E-state index >= 15 is 0 Å². The zero-order chi connectivity index (χ0) is 19.8. The molecule has 28 heavy (non-hydrogen) atoms. The van der Waals surface area contributed by atoms with Gasteiger partial charge in [0.2, 0.25) is 0 Å². The van der Waals surface area contributed by atoms with Gasteiger partial charge in [0.15, 0.2) is 11.3 Å². The molecule has 0 amide bonds. The third kappa shape index (κ3) is 3.14. The lowest BCUT2D eigenvalue weighted by atomic mass is 10.1. The fourth-order valence-corrected chi connectivity index (χ4v) is 4.39. The predicted octanol–water partition coefficient (Wildman–Crippen LogP) is 4.64. The number of hydrogen-bond donors (Lipinski definition) is 0. The highest BCUT2D eigenvalue weighted by Crippen LogP contribution is 2.42. The van der Waals surface area contributed by atoms with Crippen LogP contribution in [-0.2, 0) is 17.6 Å². The molecule has 0 saturated heterocycles. The van der Waals surface area contributed by atoms with Crippen LogP contribution < -0.4 is 4.90 Å². The van der Waals surface area contributed by atoms with Crippen LogP contribution in [0.5, 0.6) is 0 Å². The first-order valence-electron chi connectivity index (χ1n) is 9.87. The van der Waals surface area contributed by atoms with Gasteiger partial charge in [-0.3, -0.25) is 0 Å². The van der Waals surface area contributed by atoms with Gasteiger partial charge >= 0.3 is 0 Å². The number of nitrogens with zero attached hydrogens (tertiary/aromatic N) is 5. The van der Waals surface area contributed by atoms with Crippen molar-refractivity contribution < 1.29 is 4.74 Å². The molecule has 0 aliphatic carbocycles. The van der Waals surface area contributed by atoms with Crippen molar-refractivity contribution in [3.05, 3.63) is 40.0 Å². The van der Waals surface area contributed by atoms with Crippen molar-refractivity contribution in [2.24, 2.45) is 0 Å². The molecule has 0 unspecified atom stereocenters. The van der Waals surface area contributed by atoms with Crippen LogP contribution in [0.1, 0.15) is 43.1 Å². The van der Waals surface area contributed by atoms with Crippen molar-refractivity contribution >= 4 is 34.1 Å². The predicted molar refractivity (Wildman–Crippen MR) is 113 cm³/mol. The van der Waals surface area contributed by atoms with Gasteiger partial charge in [0.1, 0.15) is 0 Å². The fraction of sp³-hybridized carbons (Fsp3) is 0.476. The SMILES string of the molecule is CCc1cc(Cl)c2c(c1)CCN2c1nc(C)cc2c1nnn2[C@H](CC)COC. The lowest BCUT2D eigenvalue weighted by Crippen LogP contribution is -2.17. The molecule has 0 saturated carbocycles. The molecule has 148 valence electrons. The summed E-state index contributed by atoms with van der Waals surface area (Å²) in [7, 11) is 1.72. The van der Waals surface area contributed by atoms with Gasteiger partial charge in [-0.15, -0.1) is 5.10 Å². The summed E-state index contributed by atoms with van der Waals surface area (Å²) in [6, 6.07) is 6.52. The Labute approximate surface area is 170 Å². The van der Waals surface area contributed by atoms with Crippen molar-refractivity contribution in [1.82, 2.24) is 20.0 Å². The maximum Gasteiger partial charge on any atom is 0.163 e. The Kier molecular flexibility index (Phi) is 5.25. The number of aromatic nitrogens is 4. The van der Waals surface area contributed by atoms with E-state index in [2.05, 4.69) is 47.3 Å². The summed E-state index contributed by atoms with van der Waals surface area (Å²) in [4.78, 5) is 7.03. The van der Waals surface area contributed by atoms with Crippen LogP contribution in [0.25, 0.3) is 11.0 Å². The summed E-state index contributed by atoms with van der Waals surface area (Å²) >= 11 is 6.68. The summed E-state index contributed by atoms with van der Waals surface area (Å²) in [5.74, 6) is 0.832. The van der Waals surface area contributed by atoms with Gasteiger partial charge in [-0.25, -0.2) is 9.67 Å². The Hall–Kier alpha value is -2.18. The van der Waals surface area contributed by atoms with Crippen molar-refractivity contribution in [2.45, 2.75) is 46.1 Å². The number of ether oxygens (including phenoxy) is 1. The Balaban J connectivity index is 1.85. The van der Waals surface area contributed by atoms with Gasteiger partial charge in [-0.1, -0.05) is 36.7 Å². The molecule has 0 fully saturated rings. The van der Waals surface area contributed by atoms with Crippen LogP contribution in [0.2, 0.25) is 5.02 Å². The number of pyridine rings is 1. The molecule has 1 atom stereocenters. The number of rotatable bonds is 6. The van der Waals surface area contributed by atoms with E-state index in [9.17, 15) is 0 Å². The monoisotopic (exact) mass is 399 g/mol. The highest BCUT2D eigenvalue weighted by atomic mass is 35.5. The summed E-state index contributed by atoms with van der Waals surface area (Å²) in [6.45, 7) is 7.74. The molecular weight excluding hydrogens is 374 g/mol. The minimum absolute atomic E-state index is 0.145. The van der Waals surface area contributed by atoms with Gasteiger partial charge in [0.25, 0.3) is 0 Å². The zero-order valence-corrected chi connectivity index (χ0v) is 17.6. The molecule has 3 aromatic rings. The molecule has 3 heterocycles. The molecule has 0 radical (unpaired) electrons. The Morgan fingerprint density at radius 2 is 2.07 bits per heavy atom. The first-order chi connectivity index (χ1) is 13.6. The normalized spacial score (nSPS) is 14.7. The van der Waals surface area contributed by atoms with E-state index in [-0.39, 0.29) is 6.04 Å². The topological polar surface area (TPSA) is 56.1 Å². The molecule has 6 nitrogen and oxygen atoms in total. The third-order valence-electron chi connectivity index (χ3n) is 5.49. The molecule has 2 aromatic heterocycles. The first kappa shape index (κ1) is 19.2. The highest BCUT2D eigenvalue weighted by Gasteiger charge is 2.28. The smallest absolute Gasteiger partial charge is 0.163 e. The van der Waals surface area contributed by atoms with Crippen LogP contribution in [0, 0.1) is 6.92 Å². The quantitative estimate of drug-likeness (QED) is 0.604. The second-order valence-corrected chi connectivity index (χ2v) is 7.75. The van der Waals surface area contributed by atoms with E-state index in [1.54, 1.807) is 7.11 Å². The van der Waals surface area contributed by atoms with Gasteiger partial charge in [0.05, 0.1) is 28.9 Å². The molecule has 0 bridgehead atoms. The lowest BCUT2D eigenvalue weighted by Gasteiger charge is -2.21. The van der Waals surface area contributed by atoms with Crippen LogP contribution >= 0.6 is 11.6 Å². The Bertz CT molecular complexity index is 1020. The number of aryl methyl sites for hydroxylation is 2. The number of halogens is 1. The summed E-state index contributed by atoms with van der Waals surface area (Å²) in [5, 5.41) is 9.73. The first-order valence-corrected chi connectivity index (χ1v) is 10.2. The van der Waals surface area contributed by atoms with Crippen molar-refractivity contribution in [3.63, 3.8) is 0 Å². The molecular formula is C21H26ClN5O. The number of anilines is 2. The van der Waals surface area contributed by atoms with E-state index in [1.807, 2.05) is 11.6 Å². The van der Waals surface area contributed by atoms with Crippen LogP contribution in [0.4, 0.5) is 11.5 Å². The second kappa shape index (κ2) is 7.68. The van der Waals surface area contributed by atoms with Crippen LogP contribution in [0.15, 0.2) is 18.2 Å². The summed E-state index contributed by atoms with van der Waals surface area (Å²) < 4.78 is 7.35. The molecule has 7 heteroatoms. The standard InChI is InChI=1S/C21H26ClN5O/c1-5-14-10-15-7-8-26(20(15)17(22)11-14)21-19-18(9-13(3)23-21)27(25-24-19)16(6-2)12-28-4/h9-11,16H,5-8,12H2,1-4H3/t16-/m1/s1. The minimum atomic E-state index is 0.145. The van der Waals surface area contributed by atoms with Crippen molar-refractivity contribution in [2.75, 3.05) is 25.2 Å². The van der Waals surface area contributed by atoms with Crippen LogP contribution in [-0.4, -0.2) is 40.2 Å². The van der Waals surface area contributed by atoms with E-state index in [4.69, 9.17) is 21.3 Å².